The van der Waals surface area contributed by atoms with Crippen LogP contribution in [0.5, 0.6) is 0 Å². The van der Waals surface area contributed by atoms with Gasteiger partial charge in [0.2, 0.25) is 0 Å². The number of aromatic carboxylic acids is 1. The van der Waals surface area contributed by atoms with E-state index < -0.39 is 23.3 Å². The van der Waals surface area contributed by atoms with Crippen molar-refractivity contribution in [3.8, 4) is 5.69 Å². The number of carbonyl (C=O) groups is 1. The minimum absolute atomic E-state index is 0.0286. The smallest absolute Gasteiger partial charge is 0.416 e. The molecule has 0 amide bonds. The lowest BCUT2D eigenvalue weighted by atomic mass is 10.1. The summed E-state index contributed by atoms with van der Waals surface area (Å²) in [4.78, 5) is 10.8. The van der Waals surface area contributed by atoms with Gasteiger partial charge in [0.05, 0.1) is 28.0 Å². The third-order valence-corrected chi connectivity index (χ3v) is 2.50. The highest BCUT2D eigenvalue weighted by Crippen LogP contribution is 2.31. The Bertz CT molecular complexity index is 637. The first-order chi connectivity index (χ1) is 8.77. The van der Waals surface area contributed by atoms with Gasteiger partial charge in [-0.1, -0.05) is 11.6 Å². The van der Waals surface area contributed by atoms with Gasteiger partial charge in [-0.2, -0.15) is 18.3 Å². The average molecular weight is 291 g/mol. The molecule has 8 heteroatoms. The first-order valence-electron chi connectivity index (χ1n) is 4.93. The minimum atomic E-state index is -4.64. The van der Waals surface area contributed by atoms with Crippen LogP contribution in [0.3, 0.4) is 0 Å². The number of halogens is 4. The number of nitrogens with zero attached hydrogens (tertiary/aromatic N) is 2. The second kappa shape index (κ2) is 4.58. The predicted molar refractivity (Wildman–Crippen MR) is 60.5 cm³/mol. The van der Waals surface area contributed by atoms with E-state index in [0.29, 0.717) is 6.07 Å². The van der Waals surface area contributed by atoms with E-state index in [0.717, 1.165) is 16.8 Å². The van der Waals surface area contributed by atoms with Crippen LogP contribution >= 0.6 is 11.6 Å². The molecule has 4 nitrogen and oxygen atoms in total. The Hall–Kier alpha value is -2.02. The van der Waals surface area contributed by atoms with Crippen LogP contribution in [-0.2, 0) is 6.18 Å². The molecular weight excluding hydrogens is 285 g/mol. The molecule has 1 N–H and O–H groups in total. The standard InChI is InChI=1S/C11H6ClF3N2O2/c12-8-4-16-17(5-8)9-2-6(10(18)19)1-7(3-9)11(13,14)15/h1-5H,(H,18,19). The van der Waals surface area contributed by atoms with E-state index in [4.69, 9.17) is 16.7 Å². The molecule has 2 rings (SSSR count). The van der Waals surface area contributed by atoms with Crippen LogP contribution in [-0.4, -0.2) is 20.9 Å². The number of rotatable bonds is 2. The summed E-state index contributed by atoms with van der Waals surface area (Å²) in [7, 11) is 0. The minimum Gasteiger partial charge on any atom is -0.478 e. The summed E-state index contributed by atoms with van der Waals surface area (Å²) >= 11 is 5.62. The number of carboxylic acids is 1. The fourth-order valence-corrected chi connectivity index (χ4v) is 1.61. The normalized spacial score (nSPS) is 11.6. The molecule has 1 heterocycles. The van der Waals surface area contributed by atoms with Gasteiger partial charge in [0.1, 0.15) is 0 Å². The lowest BCUT2D eigenvalue weighted by Gasteiger charge is -2.10. The molecule has 1 aromatic heterocycles. The maximum Gasteiger partial charge on any atom is 0.416 e. The van der Waals surface area contributed by atoms with Crippen molar-refractivity contribution in [1.82, 2.24) is 9.78 Å². The fourth-order valence-electron chi connectivity index (χ4n) is 1.47. The van der Waals surface area contributed by atoms with Crippen molar-refractivity contribution in [1.29, 1.82) is 0 Å². The molecule has 0 aliphatic heterocycles. The number of hydrogen-bond donors (Lipinski definition) is 1. The Morgan fingerprint density at radius 1 is 1.32 bits per heavy atom. The molecule has 0 radical (unpaired) electrons. The molecule has 0 bridgehead atoms. The molecule has 0 unspecified atom stereocenters. The largest absolute Gasteiger partial charge is 0.478 e. The maximum absolute atomic E-state index is 12.7. The summed E-state index contributed by atoms with van der Waals surface area (Å²) in [6.45, 7) is 0. The van der Waals surface area contributed by atoms with Gasteiger partial charge in [0, 0.05) is 6.20 Å². The lowest BCUT2D eigenvalue weighted by molar-refractivity contribution is -0.137. The SMILES string of the molecule is O=C(O)c1cc(-n2cc(Cl)cn2)cc(C(F)(F)F)c1. The van der Waals surface area contributed by atoms with Gasteiger partial charge in [-0.15, -0.1) is 0 Å². The number of benzene rings is 1. The van der Waals surface area contributed by atoms with E-state index in [2.05, 4.69) is 5.10 Å². The van der Waals surface area contributed by atoms with Gasteiger partial charge in [0.15, 0.2) is 0 Å². The quantitative estimate of drug-likeness (QED) is 0.924. The summed E-state index contributed by atoms with van der Waals surface area (Å²) in [6, 6.07) is 2.45. The molecule has 19 heavy (non-hydrogen) atoms. The van der Waals surface area contributed by atoms with Crippen LogP contribution in [0.2, 0.25) is 5.02 Å². The molecule has 1 aromatic carbocycles. The Kier molecular flexibility index (Phi) is 3.23. The second-order valence-corrected chi connectivity index (χ2v) is 4.11. The molecule has 0 saturated carbocycles. The highest BCUT2D eigenvalue weighted by Gasteiger charge is 2.32. The van der Waals surface area contributed by atoms with Gasteiger partial charge in [0.25, 0.3) is 0 Å². The Labute approximate surface area is 110 Å². The summed E-state index contributed by atoms with van der Waals surface area (Å²) in [5.41, 5.74) is -1.57. The Balaban J connectivity index is 2.61. The highest BCUT2D eigenvalue weighted by molar-refractivity contribution is 6.30. The third kappa shape index (κ3) is 2.87. The van der Waals surface area contributed by atoms with Crippen molar-refractivity contribution < 1.29 is 23.1 Å². The van der Waals surface area contributed by atoms with Crippen molar-refractivity contribution in [3.63, 3.8) is 0 Å². The highest BCUT2D eigenvalue weighted by atomic mass is 35.5. The zero-order valence-electron chi connectivity index (χ0n) is 9.15. The maximum atomic E-state index is 12.7. The van der Waals surface area contributed by atoms with E-state index in [1.165, 1.54) is 12.4 Å². The lowest BCUT2D eigenvalue weighted by Crippen LogP contribution is -2.09. The molecule has 0 spiro atoms. The molecule has 100 valence electrons. The van der Waals surface area contributed by atoms with Crippen molar-refractivity contribution >= 4 is 17.6 Å². The zero-order chi connectivity index (χ0) is 14.2. The van der Waals surface area contributed by atoms with Crippen LogP contribution in [0.15, 0.2) is 30.6 Å². The van der Waals surface area contributed by atoms with Crippen molar-refractivity contribution in [3.05, 3.63) is 46.7 Å². The van der Waals surface area contributed by atoms with E-state index >= 15 is 0 Å². The molecule has 0 atom stereocenters. The molecule has 0 aliphatic carbocycles. The van der Waals surface area contributed by atoms with E-state index in [1.54, 1.807) is 0 Å². The van der Waals surface area contributed by atoms with Crippen LogP contribution in [0.4, 0.5) is 13.2 Å². The fraction of sp³-hybridized carbons (Fsp3) is 0.0909. The summed E-state index contributed by atoms with van der Waals surface area (Å²) in [6.07, 6.45) is -2.12. The first kappa shape index (κ1) is 13.4. The number of hydrogen-bond acceptors (Lipinski definition) is 2. The average Bonchev–Trinajstić information content (AvgIpc) is 2.74. The zero-order valence-corrected chi connectivity index (χ0v) is 9.90. The van der Waals surface area contributed by atoms with Gasteiger partial charge >= 0.3 is 12.1 Å². The van der Waals surface area contributed by atoms with Crippen molar-refractivity contribution in [2.45, 2.75) is 6.18 Å². The van der Waals surface area contributed by atoms with Gasteiger partial charge in [-0.05, 0) is 18.2 Å². The Morgan fingerprint density at radius 2 is 2.00 bits per heavy atom. The molecule has 0 saturated heterocycles. The van der Waals surface area contributed by atoms with Gasteiger partial charge in [-0.25, -0.2) is 9.48 Å². The summed E-state index contributed by atoms with van der Waals surface area (Å²) in [5, 5.41) is 12.8. The molecule has 2 aromatic rings. The number of aromatic nitrogens is 2. The monoisotopic (exact) mass is 290 g/mol. The summed E-state index contributed by atoms with van der Waals surface area (Å²) < 4.78 is 39.1. The molecule has 0 aliphatic rings. The Morgan fingerprint density at radius 3 is 2.47 bits per heavy atom. The van der Waals surface area contributed by atoms with E-state index in [1.807, 2.05) is 0 Å². The van der Waals surface area contributed by atoms with Crippen molar-refractivity contribution in [2.75, 3.05) is 0 Å². The van der Waals surface area contributed by atoms with Crippen LogP contribution < -0.4 is 0 Å². The number of carboxylic acid groups (broad SMARTS) is 1. The third-order valence-electron chi connectivity index (χ3n) is 2.31. The van der Waals surface area contributed by atoms with Crippen molar-refractivity contribution in [2.24, 2.45) is 0 Å². The van der Waals surface area contributed by atoms with Crippen LogP contribution in [0, 0.1) is 0 Å². The van der Waals surface area contributed by atoms with Gasteiger partial charge < -0.3 is 5.11 Å². The summed E-state index contributed by atoms with van der Waals surface area (Å²) in [5.74, 6) is -1.45. The molecule has 0 fully saturated rings. The van der Waals surface area contributed by atoms with E-state index in [9.17, 15) is 18.0 Å². The molecular formula is C11H6ClF3N2O2. The van der Waals surface area contributed by atoms with Crippen LogP contribution in [0.25, 0.3) is 5.69 Å². The first-order valence-corrected chi connectivity index (χ1v) is 5.31. The number of alkyl halides is 3. The predicted octanol–water partition coefficient (Wildman–Crippen LogP) is 3.24. The van der Waals surface area contributed by atoms with Crippen LogP contribution in [0.1, 0.15) is 15.9 Å². The second-order valence-electron chi connectivity index (χ2n) is 3.67. The topological polar surface area (TPSA) is 55.1 Å². The van der Waals surface area contributed by atoms with E-state index in [-0.39, 0.29) is 10.7 Å². The van der Waals surface area contributed by atoms with Gasteiger partial charge in [-0.3, -0.25) is 0 Å².